The molecule has 0 aliphatic heterocycles. The van der Waals surface area contributed by atoms with Crippen LogP contribution in [0.15, 0.2) is 6.33 Å². The van der Waals surface area contributed by atoms with Crippen LogP contribution >= 0.6 is 0 Å². The first-order valence-corrected chi connectivity index (χ1v) is 6.80. The fraction of sp³-hybridized carbons (Fsp3) is 0.786. The predicted octanol–water partition coefficient (Wildman–Crippen LogP) is 2.70. The van der Waals surface area contributed by atoms with Crippen LogP contribution < -0.4 is 5.32 Å². The molecule has 96 valence electrons. The molecular formula is C14H25N3. The standard InChI is InChI=1S/C14H25N3/c1-10(2)7-15-8-13-5-6-14(13)17-9-16-11(3)12(17)4/h9-10,13-15H,5-8H2,1-4H3. The largest absolute Gasteiger partial charge is 0.331 e. The molecule has 17 heavy (non-hydrogen) atoms. The van der Waals surface area contributed by atoms with Gasteiger partial charge < -0.3 is 9.88 Å². The van der Waals surface area contributed by atoms with Crippen LogP contribution in [0.1, 0.15) is 44.1 Å². The van der Waals surface area contributed by atoms with E-state index in [1.807, 2.05) is 6.33 Å². The highest BCUT2D eigenvalue weighted by Crippen LogP contribution is 2.39. The van der Waals surface area contributed by atoms with Gasteiger partial charge in [-0.3, -0.25) is 0 Å². The summed E-state index contributed by atoms with van der Waals surface area (Å²) in [7, 11) is 0. The van der Waals surface area contributed by atoms with E-state index in [-0.39, 0.29) is 0 Å². The van der Waals surface area contributed by atoms with Crippen LogP contribution in [-0.2, 0) is 0 Å². The van der Waals surface area contributed by atoms with Crippen molar-refractivity contribution in [1.82, 2.24) is 14.9 Å². The molecule has 1 N–H and O–H groups in total. The SMILES string of the molecule is Cc1ncn(C2CCC2CNCC(C)C)c1C. The molecule has 1 aromatic rings. The van der Waals surface area contributed by atoms with Gasteiger partial charge in [-0.05, 0) is 51.6 Å². The number of hydrogen-bond donors (Lipinski definition) is 1. The average Bonchev–Trinajstić information content (AvgIpc) is 2.55. The molecule has 1 heterocycles. The molecule has 0 aromatic carbocycles. The molecule has 2 unspecified atom stereocenters. The average molecular weight is 235 g/mol. The number of aryl methyl sites for hydroxylation is 1. The van der Waals surface area contributed by atoms with Gasteiger partial charge >= 0.3 is 0 Å². The Balaban J connectivity index is 1.88. The van der Waals surface area contributed by atoms with Crippen LogP contribution in [0.3, 0.4) is 0 Å². The normalized spacial score (nSPS) is 24.1. The molecule has 2 atom stereocenters. The lowest BCUT2D eigenvalue weighted by molar-refractivity contribution is 0.173. The molecule has 0 bridgehead atoms. The lowest BCUT2D eigenvalue weighted by Crippen LogP contribution is -2.38. The van der Waals surface area contributed by atoms with Crippen LogP contribution in [0, 0.1) is 25.7 Å². The van der Waals surface area contributed by atoms with Crippen molar-refractivity contribution in [1.29, 1.82) is 0 Å². The van der Waals surface area contributed by atoms with E-state index in [9.17, 15) is 0 Å². The van der Waals surface area contributed by atoms with Crippen molar-refractivity contribution in [2.45, 2.75) is 46.6 Å². The van der Waals surface area contributed by atoms with Gasteiger partial charge in [0.15, 0.2) is 0 Å². The van der Waals surface area contributed by atoms with Gasteiger partial charge in [0.2, 0.25) is 0 Å². The van der Waals surface area contributed by atoms with E-state index >= 15 is 0 Å². The number of aromatic nitrogens is 2. The predicted molar refractivity (Wildman–Crippen MR) is 71.2 cm³/mol. The first-order valence-electron chi connectivity index (χ1n) is 6.80. The summed E-state index contributed by atoms with van der Waals surface area (Å²) in [6, 6.07) is 0.677. The Labute approximate surface area is 105 Å². The number of nitrogens with zero attached hydrogens (tertiary/aromatic N) is 2. The molecule has 3 nitrogen and oxygen atoms in total. The van der Waals surface area contributed by atoms with Crippen molar-refractivity contribution < 1.29 is 0 Å². The zero-order valence-corrected chi connectivity index (χ0v) is 11.5. The Kier molecular flexibility index (Phi) is 3.87. The van der Waals surface area contributed by atoms with Crippen LogP contribution in [0.2, 0.25) is 0 Å². The molecular weight excluding hydrogens is 210 g/mol. The smallest absolute Gasteiger partial charge is 0.0954 e. The topological polar surface area (TPSA) is 29.9 Å². The molecule has 1 aliphatic rings. The lowest BCUT2D eigenvalue weighted by Gasteiger charge is -2.38. The minimum Gasteiger partial charge on any atom is -0.331 e. The monoisotopic (exact) mass is 235 g/mol. The second-order valence-electron chi connectivity index (χ2n) is 5.78. The summed E-state index contributed by atoms with van der Waals surface area (Å²) in [5.41, 5.74) is 2.51. The van der Waals surface area contributed by atoms with Gasteiger partial charge in [0, 0.05) is 11.7 Å². The van der Waals surface area contributed by atoms with Crippen LogP contribution in [0.5, 0.6) is 0 Å². The van der Waals surface area contributed by atoms with E-state index in [0.717, 1.165) is 24.9 Å². The molecule has 1 aliphatic carbocycles. The van der Waals surface area contributed by atoms with Crippen LogP contribution in [0.4, 0.5) is 0 Å². The Morgan fingerprint density at radius 2 is 2.18 bits per heavy atom. The quantitative estimate of drug-likeness (QED) is 0.850. The van der Waals surface area contributed by atoms with Gasteiger partial charge in [-0.25, -0.2) is 4.98 Å². The summed E-state index contributed by atoms with van der Waals surface area (Å²) in [6.45, 7) is 11.1. The van der Waals surface area contributed by atoms with Crippen LogP contribution in [0.25, 0.3) is 0 Å². The van der Waals surface area contributed by atoms with Gasteiger partial charge in [0.25, 0.3) is 0 Å². The fourth-order valence-electron chi connectivity index (χ4n) is 2.56. The van der Waals surface area contributed by atoms with Gasteiger partial charge in [-0.1, -0.05) is 13.8 Å². The van der Waals surface area contributed by atoms with Crippen LogP contribution in [-0.4, -0.2) is 22.6 Å². The number of imidazole rings is 1. The Morgan fingerprint density at radius 1 is 1.41 bits per heavy atom. The summed E-state index contributed by atoms with van der Waals surface area (Å²) in [5, 5.41) is 3.58. The van der Waals surface area contributed by atoms with Crippen molar-refractivity contribution in [3.05, 3.63) is 17.7 Å². The highest BCUT2D eigenvalue weighted by molar-refractivity contribution is 5.11. The summed E-state index contributed by atoms with van der Waals surface area (Å²) in [4.78, 5) is 4.40. The summed E-state index contributed by atoms with van der Waals surface area (Å²) in [5.74, 6) is 1.53. The van der Waals surface area contributed by atoms with Gasteiger partial charge in [0.1, 0.15) is 0 Å². The van der Waals surface area contributed by atoms with E-state index < -0.39 is 0 Å². The van der Waals surface area contributed by atoms with Crippen molar-refractivity contribution >= 4 is 0 Å². The molecule has 1 saturated carbocycles. The maximum absolute atomic E-state index is 4.40. The Morgan fingerprint density at radius 3 is 2.65 bits per heavy atom. The van der Waals surface area contributed by atoms with E-state index in [1.165, 1.54) is 24.2 Å². The van der Waals surface area contributed by atoms with Gasteiger partial charge in [-0.2, -0.15) is 0 Å². The summed E-state index contributed by atoms with van der Waals surface area (Å²) < 4.78 is 2.38. The fourth-order valence-corrected chi connectivity index (χ4v) is 2.56. The summed E-state index contributed by atoms with van der Waals surface area (Å²) in [6.07, 6.45) is 4.68. The molecule has 2 rings (SSSR count). The molecule has 1 aromatic heterocycles. The van der Waals surface area contributed by atoms with Crippen molar-refractivity contribution in [2.75, 3.05) is 13.1 Å². The first kappa shape index (κ1) is 12.6. The van der Waals surface area contributed by atoms with Crippen molar-refractivity contribution in [3.8, 4) is 0 Å². The highest BCUT2D eigenvalue weighted by atomic mass is 15.1. The first-order chi connectivity index (χ1) is 8.09. The maximum atomic E-state index is 4.40. The van der Waals surface area contributed by atoms with Crippen molar-refractivity contribution in [2.24, 2.45) is 11.8 Å². The lowest BCUT2D eigenvalue weighted by atomic mass is 9.79. The maximum Gasteiger partial charge on any atom is 0.0954 e. The third kappa shape index (κ3) is 2.71. The third-order valence-electron chi connectivity index (χ3n) is 3.98. The molecule has 0 saturated heterocycles. The molecule has 0 spiro atoms. The Hall–Kier alpha value is -0.830. The minimum absolute atomic E-state index is 0.677. The second-order valence-corrected chi connectivity index (χ2v) is 5.78. The van der Waals surface area contributed by atoms with E-state index in [1.54, 1.807) is 0 Å². The van der Waals surface area contributed by atoms with E-state index in [0.29, 0.717) is 6.04 Å². The molecule has 0 radical (unpaired) electrons. The zero-order chi connectivity index (χ0) is 12.4. The number of hydrogen-bond acceptors (Lipinski definition) is 2. The Bertz CT molecular complexity index is 368. The highest BCUT2D eigenvalue weighted by Gasteiger charge is 2.32. The summed E-state index contributed by atoms with van der Waals surface area (Å²) >= 11 is 0. The molecule has 1 fully saturated rings. The second kappa shape index (κ2) is 5.21. The zero-order valence-electron chi connectivity index (χ0n) is 11.5. The van der Waals surface area contributed by atoms with Gasteiger partial charge in [-0.15, -0.1) is 0 Å². The molecule has 0 amide bonds. The third-order valence-corrected chi connectivity index (χ3v) is 3.98. The van der Waals surface area contributed by atoms with Gasteiger partial charge in [0.05, 0.1) is 12.0 Å². The van der Waals surface area contributed by atoms with E-state index in [4.69, 9.17) is 0 Å². The number of rotatable bonds is 5. The number of nitrogens with one attached hydrogen (secondary N) is 1. The molecule has 3 heteroatoms. The minimum atomic E-state index is 0.677. The van der Waals surface area contributed by atoms with E-state index in [2.05, 4.69) is 42.6 Å². The van der Waals surface area contributed by atoms with Crippen molar-refractivity contribution in [3.63, 3.8) is 0 Å².